The summed E-state index contributed by atoms with van der Waals surface area (Å²) >= 11 is 12.6. The third-order valence-electron chi connectivity index (χ3n) is 4.25. The average molecular weight is 476 g/mol. The van der Waals surface area contributed by atoms with Crippen LogP contribution in [0.25, 0.3) is 11.1 Å². The van der Waals surface area contributed by atoms with Crippen molar-refractivity contribution in [2.24, 2.45) is 0 Å². The second-order valence-electron chi connectivity index (χ2n) is 6.33. The third-order valence-corrected chi connectivity index (χ3v) is 5.80. The number of benzene rings is 2. The number of carbonyl (C=O) groups is 1. The predicted octanol–water partition coefficient (Wildman–Crippen LogP) is 6.27. The van der Waals surface area contributed by atoms with Crippen molar-refractivity contribution >= 4 is 62.6 Å². The number of nitrogens with one attached hydrogen (secondary N) is 2. The summed E-state index contributed by atoms with van der Waals surface area (Å²) in [7, 11) is 0. The highest BCUT2D eigenvalue weighted by Crippen LogP contribution is 2.40. The Balaban J connectivity index is 1.92. The molecule has 31 heavy (non-hydrogen) atoms. The number of thiophene rings is 1. The van der Waals surface area contributed by atoms with Gasteiger partial charge in [0.1, 0.15) is 15.6 Å². The van der Waals surface area contributed by atoms with Crippen LogP contribution in [0.2, 0.25) is 5.02 Å². The quantitative estimate of drug-likeness (QED) is 0.188. The first kappa shape index (κ1) is 22.7. The maximum absolute atomic E-state index is 12.8. The van der Waals surface area contributed by atoms with Crippen LogP contribution in [0.15, 0.2) is 48.5 Å². The van der Waals surface area contributed by atoms with Crippen LogP contribution in [-0.2, 0) is 4.74 Å². The summed E-state index contributed by atoms with van der Waals surface area (Å²) < 4.78 is 5.27. The van der Waals surface area contributed by atoms with E-state index in [0.29, 0.717) is 16.3 Å². The zero-order valence-electron chi connectivity index (χ0n) is 16.6. The second kappa shape index (κ2) is 9.86. The summed E-state index contributed by atoms with van der Waals surface area (Å²) in [4.78, 5) is 24.2. The number of aryl methyl sites for hydroxylation is 1. The molecule has 0 amide bonds. The molecule has 0 saturated heterocycles. The van der Waals surface area contributed by atoms with Crippen LogP contribution >= 0.6 is 35.2 Å². The normalized spacial score (nSPS) is 10.4. The topological polar surface area (TPSA) is 93.5 Å². The zero-order valence-corrected chi connectivity index (χ0v) is 19.0. The number of nitro benzene ring substituents is 1. The Morgan fingerprint density at radius 3 is 2.58 bits per heavy atom. The SMILES string of the molecule is CCOC(=O)c1c(NC(=S)Nc2ccc(Cl)c([N+](=O)[O-])c2)sc(C)c1-c1ccccc1. The molecule has 0 aliphatic carbocycles. The molecule has 7 nitrogen and oxygen atoms in total. The van der Waals surface area contributed by atoms with Crippen molar-refractivity contribution in [2.75, 3.05) is 17.2 Å². The Labute approximate surface area is 193 Å². The first-order valence-corrected chi connectivity index (χ1v) is 10.8. The molecular weight excluding hydrogens is 458 g/mol. The van der Waals surface area contributed by atoms with Gasteiger partial charge < -0.3 is 15.4 Å². The Morgan fingerprint density at radius 2 is 1.94 bits per heavy atom. The molecule has 0 saturated carbocycles. The van der Waals surface area contributed by atoms with Crippen LogP contribution in [-0.4, -0.2) is 22.6 Å². The molecule has 0 atom stereocenters. The van der Waals surface area contributed by atoms with Crippen molar-refractivity contribution in [3.05, 3.63) is 74.1 Å². The maximum atomic E-state index is 12.8. The molecular formula is C21H18ClN3O4S2. The van der Waals surface area contributed by atoms with E-state index in [-0.39, 0.29) is 22.4 Å². The molecule has 1 aromatic heterocycles. The molecule has 0 radical (unpaired) electrons. The number of anilines is 2. The number of halogens is 1. The van der Waals surface area contributed by atoms with E-state index >= 15 is 0 Å². The highest BCUT2D eigenvalue weighted by molar-refractivity contribution is 7.80. The predicted molar refractivity (Wildman–Crippen MR) is 128 cm³/mol. The van der Waals surface area contributed by atoms with Crippen LogP contribution < -0.4 is 10.6 Å². The molecule has 2 N–H and O–H groups in total. The monoisotopic (exact) mass is 475 g/mol. The molecule has 0 unspecified atom stereocenters. The van der Waals surface area contributed by atoms with Crippen molar-refractivity contribution in [1.29, 1.82) is 0 Å². The standard InChI is InChI=1S/C21H18ClN3O4S2/c1-3-29-20(26)18-17(13-7-5-4-6-8-13)12(2)31-19(18)24-21(30)23-14-9-10-15(22)16(11-14)25(27)28/h4-11H,3H2,1-2H3,(H2,23,24,30). The number of ether oxygens (including phenoxy) is 1. The summed E-state index contributed by atoms with van der Waals surface area (Å²) in [5, 5.41) is 17.7. The van der Waals surface area contributed by atoms with Crippen molar-refractivity contribution in [1.82, 2.24) is 0 Å². The third kappa shape index (κ3) is 5.19. The van der Waals surface area contributed by atoms with Gasteiger partial charge in [-0.25, -0.2) is 4.79 Å². The fourth-order valence-corrected chi connectivity index (χ4v) is 4.52. The summed E-state index contributed by atoms with van der Waals surface area (Å²) in [5.41, 5.74) is 2.21. The summed E-state index contributed by atoms with van der Waals surface area (Å²) in [6.07, 6.45) is 0. The highest BCUT2D eigenvalue weighted by atomic mass is 35.5. The lowest BCUT2D eigenvalue weighted by Gasteiger charge is -2.12. The number of thiocarbonyl (C=S) groups is 1. The molecule has 3 aromatic rings. The van der Waals surface area contributed by atoms with Crippen molar-refractivity contribution in [3.63, 3.8) is 0 Å². The first-order valence-electron chi connectivity index (χ1n) is 9.19. The van der Waals surface area contributed by atoms with Gasteiger partial charge in [0.05, 0.1) is 11.5 Å². The summed E-state index contributed by atoms with van der Waals surface area (Å²) in [6.45, 7) is 3.89. The summed E-state index contributed by atoms with van der Waals surface area (Å²) in [6, 6.07) is 13.8. The van der Waals surface area contributed by atoms with Gasteiger partial charge in [0.25, 0.3) is 5.69 Å². The number of hydrogen-bond acceptors (Lipinski definition) is 6. The van der Waals surface area contributed by atoms with E-state index in [4.69, 9.17) is 28.6 Å². The lowest BCUT2D eigenvalue weighted by Crippen LogP contribution is -2.20. The molecule has 2 aromatic carbocycles. The van der Waals surface area contributed by atoms with E-state index in [1.807, 2.05) is 37.3 Å². The molecule has 160 valence electrons. The van der Waals surface area contributed by atoms with Crippen molar-refractivity contribution in [2.45, 2.75) is 13.8 Å². The van der Waals surface area contributed by atoms with E-state index in [9.17, 15) is 14.9 Å². The van der Waals surface area contributed by atoms with Crippen LogP contribution in [0.1, 0.15) is 22.2 Å². The Kier molecular flexibility index (Phi) is 7.21. The zero-order chi connectivity index (χ0) is 22.5. The fraction of sp³-hybridized carbons (Fsp3) is 0.143. The highest BCUT2D eigenvalue weighted by Gasteiger charge is 2.25. The summed E-state index contributed by atoms with van der Waals surface area (Å²) in [5.74, 6) is -0.460. The Morgan fingerprint density at radius 1 is 1.23 bits per heavy atom. The van der Waals surface area contributed by atoms with E-state index in [0.717, 1.165) is 16.0 Å². The van der Waals surface area contributed by atoms with Gasteiger partial charge in [-0.3, -0.25) is 10.1 Å². The Bertz CT molecular complexity index is 1150. The van der Waals surface area contributed by atoms with Crippen LogP contribution in [0.4, 0.5) is 16.4 Å². The molecule has 0 spiro atoms. The average Bonchev–Trinajstić information content (AvgIpc) is 3.05. The van der Waals surface area contributed by atoms with Crippen molar-refractivity contribution in [3.8, 4) is 11.1 Å². The van der Waals surface area contributed by atoms with Gasteiger partial charge in [-0.05, 0) is 43.8 Å². The maximum Gasteiger partial charge on any atom is 0.341 e. The van der Waals surface area contributed by atoms with Gasteiger partial charge >= 0.3 is 5.97 Å². The lowest BCUT2D eigenvalue weighted by atomic mass is 10.0. The van der Waals surface area contributed by atoms with Gasteiger partial charge in [-0.15, -0.1) is 11.3 Å². The van der Waals surface area contributed by atoms with Gasteiger partial charge in [-0.1, -0.05) is 41.9 Å². The minimum absolute atomic E-state index is 0.0282. The van der Waals surface area contributed by atoms with Gasteiger partial charge in [-0.2, -0.15) is 0 Å². The minimum Gasteiger partial charge on any atom is -0.462 e. The van der Waals surface area contributed by atoms with Crippen LogP contribution in [0, 0.1) is 17.0 Å². The van der Waals surface area contributed by atoms with E-state index in [1.54, 1.807) is 13.0 Å². The van der Waals surface area contributed by atoms with E-state index < -0.39 is 10.9 Å². The molecule has 3 rings (SSSR count). The number of nitrogens with zero attached hydrogens (tertiary/aromatic N) is 1. The fourth-order valence-electron chi connectivity index (χ4n) is 2.98. The largest absolute Gasteiger partial charge is 0.462 e. The van der Waals surface area contributed by atoms with Crippen LogP contribution in [0.3, 0.4) is 0 Å². The molecule has 0 bridgehead atoms. The molecule has 1 heterocycles. The number of esters is 1. The molecule has 0 aliphatic rings. The molecule has 0 fully saturated rings. The van der Waals surface area contributed by atoms with Crippen molar-refractivity contribution < 1.29 is 14.5 Å². The van der Waals surface area contributed by atoms with E-state index in [1.165, 1.54) is 23.5 Å². The number of hydrogen-bond donors (Lipinski definition) is 2. The van der Waals surface area contributed by atoms with Gasteiger partial charge in [0.15, 0.2) is 5.11 Å². The molecule has 10 heteroatoms. The number of rotatable bonds is 6. The second-order valence-corrected chi connectivity index (χ2v) is 8.37. The molecule has 0 aliphatic heterocycles. The van der Waals surface area contributed by atoms with Gasteiger partial charge in [0.2, 0.25) is 0 Å². The lowest BCUT2D eigenvalue weighted by molar-refractivity contribution is -0.384. The Hall–Kier alpha value is -3.01. The first-order chi connectivity index (χ1) is 14.8. The minimum atomic E-state index is -0.572. The number of carbonyl (C=O) groups excluding carboxylic acids is 1. The number of nitro groups is 1. The van der Waals surface area contributed by atoms with E-state index in [2.05, 4.69) is 10.6 Å². The smallest absolute Gasteiger partial charge is 0.341 e. The van der Waals surface area contributed by atoms with Gasteiger partial charge in [0, 0.05) is 22.2 Å². The van der Waals surface area contributed by atoms with Crippen LogP contribution in [0.5, 0.6) is 0 Å².